The van der Waals surface area contributed by atoms with Crippen molar-refractivity contribution in [1.29, 1.82) is 0 Å². The summed E-state index contributed by atoms with van der Waals surface area (Å²) in [6, 6.07) is 0. The Kier molecular flexibility index (Phi) is 5.86. The van der Waals surface area contributed by atoms with E-state index in [-0.39, 0.29) is 0 Å². The molecule has 16 heavy (non-hydrogen) atoms. The molecule has 0 saturated heterocycles. The van der Waals surface area contributed by atoms with Crippen LogP contribution in [-0.2, 0) is 0 Å². The highest BCUT2D eigenvalue weighted by Crippen LogP contribution is 2.45. The zero-order chi connectivity index (χ0) is 12.1. The van der Waals surface area contributed by atoms with Gasteiger partial charge in [0.15, 0.2) is 0 Å². The van der Waals surface area contributed by atoms with Gasteiger partial charge in [-0.15, -0.1) is 0 Å². The Bertz CT molecular complexity index is 184. The third-order valence-corrected chi connectivity index (χ3v) is 5.35. The first kappa shape index (κ1) is 14.1. The van der Waals surface area contributed by atoms with Crippen molar-refractivity contribution in [2.45, 2.75) is 73.1 Å². The smallest absolute Gasteiger partial charge is 0.0329 e. The first-order valence-electron chi connectivity index (χ1n) is 7.65. The maximum atomic E-state index is 2.49. The van der Waals surface area contributed by atoms with Gasteiger partial charge < -0.3 is 0 Å². The van der Waals surface area contributed by atoms with Crippen LogP contribution in [0.5, 0.6) is 0 Å². The lowest BCUT2D eigenvalue weighted by Gasteiger charge is -2.44. The SMILES string of the molecule is CCC(C)C1CCCC(CC)C1C(C)CC. The molecule has 0 bridgehead atoms. The van der Waals surface area contributed by atoms with Crippen LogP contribution in [-0.4, -0.2) is 0 Å². The van der Waals surface area contributed by atoms with Gasteiger partial charge in [0.1, 0.15) is 0 Å². The van der Waals surface area contributed by atoms with Crippen molar-refractivity contribution in [1.82, 2.24) is 0 Å². The quantitative estimate of drug-likeness (QED) is 0.576. The van der Waals surface area contributed by atoms with Crippen molar-refractivity contribution >= 4 is 0 Å². The van der Waals surface area contributed by atoms with Crippen LogP contribution < -0.4 is 0 Å². The lowest BCUT2D eigenvalue weighted by molar-refractivity contribution is 0.0565. The van der Waals surface area contributed by atoms with E-state index in [9.17, 15) is 0 Å². The number of rotatable bonds is 5. The van der Waals surface area contributed by atoms with Gasteiger partial charge in [-0.3, -0.25) is 0 Å². The molecule has 5 atom stereocenters. The summed E-state index contributed by atoms with van der Waals surface area (Å²) in [7, 11) is 0. The van der Waals surface area contributed by atoms with Crippen LogP contribution in [0, 0.1) is 29.6 Å². The molecular weight excluding hydrogens is 192 g/mol. The molecule has 0 aromatic rings. The fraction of sp³-hybridized carbons (Fsp3) is 1.00. The molecule has 0 aromatic heterocycles. The van der Waals surface area contributed by atoms with Gasteiger partial charge in [0.05, 0.1) is 0 Å². The molecule has 0 N–H and O–H groups in total. The summed E-state index contributed by atoms with van der Waals surface area (Å²) in [4.78, 5) is 0. The van der Waals surface area contributed by atoms with Gasteiger partial charge in [0.2, 0.25) is 0 Å². The Balaban J connectivity index is 2.78. The van der Waals surface area contributed by atoms with E-state index in [2.05, 4.69) is 34.6 Å². The van der Waals surface area contributed by atoms with Crippen molar-refractivity contribution in [3.05, 3.63) is 0 Å². The van der Waals surface area contributed by atoms with E-state index >= 15 is 0 Å². The lowest BCUT2D eigenvalue weighted by Crippen LogP contribution is -2.36. The van der Waals surface area contributed by atoms with Crippen LogP contribution in [0.25, 0.3) is 0 Å². The van der Waals surface area contributed by atoms with Crippen molar-refractivity contribution in [3.8, 4) is 0 Å². The van der Waals surface area contributed by atoms with Gasteiger partial charge >= 0.3 is 0 Å². The van der Waals surface area contributed by atoms with Gasteiger partial charge in [-0.25, -0.2) is 0 Å². The largest absolute Gasteiger partial charge is 0.0651 e. The summed E-state index contributed by atoms with van der Waals surface area (Å²) in [5, 5.41) is 0. The highest BCUT2D eigenvalue weighted by molar-refractivity contribution is 4.86. The Morgan fingerprint density at radius 3 is 2.06 bits per heavy atom. The molecule has 0 spiro atoms. The van der Waals surface area contributed by atoms with Gasteiger partial charge in [0.25, 0.3) is 0 Å². The summed E-state index contributed by atoms with van der Waals surface area (Å²) in [6.45, 7) is 12.1. The Labute approximate surface area is 103 Å². The van der Waals surface area contributed by atoms with Crippen LogP contribution >= 0.6 is 0 Å². The molecule has 96 valence electrons. The molecule has 0 radical (unpaired) electrons. The van der Waals surface area contributed by atoms with Crippen LogP contribution in [0.4, 0.5) is 0 Å². The maximum absolute atomic E-state index is 2.49. The molecular formula is C16H32. The summed E-state index contributed by atoms with van der Waals surface area (Å²) in [5.41, 5.74) is 0. The van der Waals surface area contributed by atoms with E-state index in [1.807, 2.05) is 0 Å². The third kappa shape index (κ3) is 3.02. The van der Waals surface area contributed by atoms with Crippen LogP contribution in [0.3, 0.4) is 0 Å². The van der Waals surface area contributed by atoms with Gasteiger partial charge in [-0.05, 0) is 36.0 Å². The van der Waals surface area contributed by atoms with E-state index < -0.39 is 0 Å². The van der Waals surface area contributed by atoms with Crippen molar-refractivity contribution in [3.63, 3.8) is 0 Å². The van der Waals surface area contributed by atoms with Crippen molar-refractivity contribution in [2.75, 3.05) is 0 Å². The predicted molar refractivity (Wildman–Crippen MR) is 73.5 cm³/mol. The molecule has 1 aliphatic rings. The first-order chi connectivity index (χ1) is 7.65. The topological polar surface area (TPSA) is 0 Å². The van der Waals surface area contributed by atoms with Crippen LogP contribution in [0.2, 0.25) is 0 Å². The Morgan fingerprint density at radius 2 is 1.56 bits per heavy atom. The highest BCUT2D eigenvalue weighted by Gasteiger charge is 2.37. The Morgan fingerprint density at radius 1 is 0.938 bits per heavy atom. The molecule has 0 aromatic carbocycles. The molecule has 0 heterocycles. The van der Waals surface area contributed by atoms with E-state index in [1.165, 1.54) is 38.5 Å². The maximum Gasteiger partial charge on any atom is -0.0329 e. The van der Waals surface area contributed by atoms with Crippen LogP contribution in [0.1, 0.15) is 73.1 Å². The summed E-state index contributed by atoms with van der Waals surface area (Å²) < 4.78 is 0. The minimum Gasteiger partial charge on any atom is -0.0651 e. The minimum atomic E-state index is 0.934. The average Bonchev–Trinajstić information content (AvgIpc) is 2.35. The number of hydrogen-bond donors (Lipinski definition) is 0. The molecule has 0 aliphatic heterocycles. The fourth-order valence-corrected chi connectivity index (χ4v) is 3.95. The number of hydrogen-bond acceptors (Lipinski definition) is 0. The predicted octanol–water partition coefficient (Wildman–Crippen LogP) is 5.52. The fourth-order valence-electron chi connectivity index (χ4n) is 3.95. The normalized spacial score (nSPS) is 34.7. The summed E-state index contributed by atoms with van der Waals surface area (Å²) in [5.74, 6) is 4.91. The zero-order valence-corrected chi connectivity index (χ0v) is 12.1. The second kappa shape index (κ2) is 6.67. The molecule has 1 fully saturated rings. The second-order valence-corrected chi connectivity index (χ2v) is 6.11. The monoisotopic (exact) mass is 224 g/mol. The molecule has 0 nitrogen and oxygen atoms in total. The molecule has 1 rings (SSSR count). The van der Waals surface area contributed by atoms with E-state index in [0.29, 0.717) is 0 Å². The van der Waals surface area contributed by atoms with Gasteiger partial charge in [0, 0.05) is 0 Å². The van der Waals surface area contributed by atoms with Crippen molar-refractivity contribution in [2.24, 2.45) is 29.6 Å². The van der Waals surface area contributed by atoms with Crippen molar-refractivity contribution < 1.29 is 0 Å². The standard InChI is InChI=1S/C16H32/c1-6-12(4)15-11-9-10-14(8-3)16(15)13(5)7-2/h12-16H,6-11H2,1-5H3. The minimum absolute atomic E-state index is 0.934. The summed E-state index contributed by atoms with van der Waals surface area (Å²) in [6.07, 6.45) is 8.63. The van der Waals surface area contributed by atoms with Gasteiger partial charge in [-0.1, -0.05) is 66.7 Å². The zero-order valence-electron chi connectivity index (χ0n) is 12.1. The third-order valence-electron chi connectivity index (χ3n) is 5.35. The molecule has 5 unspecified atom stereocenters. The molecule has 1 saturated carbocycles. The molecule has 1 aliphatic carbocycles. The summed E-state index contributed by atoms with van der Waals surface area (Å²) >= 11 is 0. The lowest BCUT2D eigenvalue weighted by atomic mass is 9.61. The first-order valence-corrected chi connectivity index (χ1v) is 7.65. The average molecular weight is 224 g/mol. The van der Waals surface area contributed by atoms with E-state index in [0.717, 1.165) is 29.6 Å². The Hall–Kier alpha value is 0. The second-order valence-electron chi connectivity index (χ2n) is 6.11. The molecule has 0 heteroatoms. The van der Waals surface area contributed by atoms with E-state index in [4.69, 9.17) is 0 Å². The molecule has 0 amide bonds. The highest BCUT2D eigenvalue weighted by atomic mass is 14.4. The van der Waals surface area contributed by atoms with Gasteiger partial charge in [-0.2, -0.15) is 0 Å². The van der Waals surface area contributed by atoms with E-state index in [1.54, 1.807) is 0 Å². The van der Waals surface area contributed by atoms with Crippen LogP contribution in [0.15, 0.2) is 0 Å².